The van der Waals surface area contributed by atoms with E-state index in [0.29, 0.717) is 0 Å². The van der Waals surface area contributed by atoms with Gasteiger partial charge in [0, 0.05) is 11.2 Å². The molecule has 90 valence electrons. The van der Waals surface area contributed by atoms with E-state index >= 15 is 0 Å². The standard InChI is InChI=1S/C14H22BrN/c1-8-13(11(3)10-12(4)15)16(9-2)14(5,6)7/h8-10H,1-2H2,3-7H3/b12-10+,13-11-. The smallest absolute Gasteiger partial charge is 0.0434 e. The molecule has 1 nitrogen and oxygen atoms in total. The predicted molar refractivity (Wildman–Crippen MR) is 77.4 cm³/mol. The average Bonchev–Trinajstić information content (AvgIpc) is 2.10. The Morgan fingerprint density at radius 2 is 1.69 bits per heavy atom. The molecular formula is C14H22BrN. The number of nitrogens with zero attached hydrogens (tertiary/aromatic N) is 1. The zero-order valence-electron chi connectivity index (χ0n) is 11.0. The molecule has 0 atom stereocenters. The Balaban J connectivity index is 5.50. The molecular weight excluding hydrogens is 262 g/mol. The van der Waals surface area contributed by atoms with Gasteiger partial charge in [-0.05, 0) is 63.0 Å². The highest BCUT2D eigenvalue weighted by molar-refractivity contribution is 9.11. The summed E-state index contributed by atoms with van der Waals surface area (Å²) in [5.41, 5.74) is 2.25. The molecule has 0 bridgehead atoms. The van der Waals surface area contributed by atoms with Gasteiger partial charge < -0.3 is 4.90 Å². The molecule has 0 aromatic carbocycles. The summed E-state index contributed by atoms with van der Waals surface area (Å²) in [6, 6.07) is 0. The second kappa shape index (κ2) is 6.09. The van der Waals surface area contributed by atoms with Crippen molar-refractivity contribution in [2.75, 3.05) is 0 Å². The third-order valence-corrected chi connectivity index (χ3v) is 2.41. The Morgan fingerprint density at radius 1 is 1.19 bits per heavy atom. The quantitative estimate of drug-likeness (QED) is 0.657. The van der Waals surface area contributed by atoms with E-state index in [2.05, 4.69) is 67.8 Å². The molecule has 0 aliphatic carbocycles. The van der Waals surface area contributed by atoms with Crippen LogP contribution < -0.4 is 0 Å². The molecule has 0 saturated heterocycles. The summed E-state index contributed by atoms with van der Waals surface area (Å²) in [7, 11) is 0. The Bertz CT molecular complexity index is 325. The molecule has 0 saturated carbocycles. The highest BCUT2D eigenvalue weighted by Gasteiger charge is 2.20. The van der Waals surface area contributed by atoms with Crippen LogP contribution in [-0.4, -0.2) is 10.4 Å². The van der Waals surface area contributed by atoms with E-state index in [1.54, 1.807) is 0 Å². The van der Waals surface area contributed by atoms with Crippen molar-refractivity contribution < 1.29 is 0 Å². The van der Waals surface area contributed by atoms with Crippen molar-refractivity contribution >= 4 is 15.9 Å². The van der Waals surface area contributed by atoms with Gasteiger partial charge in [-0.15, -0.1) is 0 Å². The monoisotopic (exact) mass is 283 g/mol. The van der Waals surface area contributed by atoms with E-state index in [1.807, 2.05) is 19.2 Å². The van der Waals surface area contributed by atoms with Crippen LogP contribution in [0.5, 0.6) is 0 Å². The first-order valence-electron chi connectivity index (χ1n) is 5.33. The van der Waals surface area contributed by atoms with Crippen LogP contribution >= 0.6 is 15.9 Å². The number of rotatable bonds is 4. The van der Waals surface area contributed by atoms with Crippen LogP contribution in [0.4, 0.5) is 0 Å². The summed E-state index contributed by atoms with van der Waals surface area (Å²) in [6.07, 6.45) is 5.80. The normalized spacial score (nSPS) is 14.2. The number of hydrogen-bond acceptors (Lipinski definition) is 1. The Hall–Kier alpha value is -0.760. The average molecular weight is 284 g/mol. The molecule has 0 rings (SSSR count). The highest BCUT2D eigenvalue weighted by atomic mass is 79.9. The Kier molecular flexibility index (Phi) is 5.80. The Morgan fingerprint density at radius 3 is 1.94 bits per heavy atom. The molecule has 0 amide bonds. The first-order chi connectivity index (χ1) is 7.23. The summed E-state index contributed by atoms with van der Waals surface area (Å²) in [6.45, 7) is 18.3. The van der Waals surface area contributed by atoms with Gasteiger partial charge in [0.2, 0.25) is 0 Å². The predicted octanol–water partition coefficient (Wildman–Crippen LogP) is 4.99. The van der Waals surface area contributed by atoms with Crippen molar-refractivity contribution in [2.24, 2.45) is 0 Å². The van der Waals surface area contributed by atoms with Crippen LogP contribution in [0.3, 0.4) is 0 Å². The molecule has 0 heterocycles. The van der Waals surface area contributed by atoms with E-state index in [9.17, 15) is 0 Å². The molecule has 0 aliphatic rings. The lowest BCUT2D eigenvalue weighted by atomic mass is 10.0. The fourth-order valence-electron chi connectivity index (χ4n) is 1.56. The van der Waals surface area contributed by atoms with E-state index < -0.39 is 0 Å². The lowest BCUT2D eigenvalue weighted by Gasteiger charge is -2.36. The fourth-order valence-corrected chi connectivity index (χ4v) is 1.90. The van der Waals surface area contributed by atoms with Gasteiger partial charge in [-0.3, -0.25) is 0 Å². The van der Waals surface area contributed by atoms with E-state index in [4.69, 9.17) is 0 Å². The highest BCUT2D eigenvalue weighted by Crippen LogP contribution is 2.24. The van der Waals surface area contributed by atoms with Gasteiger partial charge in [0.05, 0.1) is 0 Å². The van der Waals surface area contributed by atoms with Crippen LogP contribution in [0.15, 0.2) is 47.3 Å². The molecule has 16 heavy (non-hydrogen) atoms. The minimum Gasteiger partial charge on any atom is -0.343 e. The first kappa shape index (κ1) is 15.2. The minimum atomic E-state index is 0.000586. The maximum Gasteiger partial charge on any atom is 0.0434 e. The fraction of sp³-hybridized carbons (Fsp3) is 0.429. The van der Waals surface area contributed by atoms with Gasteiger partial charge >= 0.3 is 0 Å². The second-order valence-corrected chi connectivity index (χ2v) is 5.98. The number of allylic oxidation sites excluding steroid dienone is 4. The third-order valence-electron chi connectivity index (χ3n) is 2.18. The first-order valence-corrected chi connectivity index (χ1v) is 6.12. The van der Waals surface area contributed by atoms with Gasteiger partial charge in [-0.2, -0.15) is 0 Å². The molecule has 2 heteroatoms. The van der Waals surface area contributed by atoms with Gasteiger partial charge in [0.15, 0.2) is 0 Å². The zero-order chi connectivity index (χ0) is 12.9. The van der Waals surface area contributed by atoms with Crippen molar-refractivity contribution in [3.05, 3.63) is 47.3 Å². The molecule has 0 unspecified atom stereocenters. The lowest BCUT2D eigenvalue weighted by Crippen LogP contribution is -2.36. The van der Waals surface area contributed by atoms with Gasteiger partial charge in [0.1, 0.15) is 0 Å². The summed E-state index contributed by atoms with van der Waals surface area (Å²) < 4.78 is 1.10. The maximum atomic E-state index is 3.88. The lowest BCUT2D eigenvalue weighted by molar-refractivity contribution is 0.264. The zero-order valence-corrected chi connectivity index (χ0v) is 12.6. The second-order valence-electron chi connectivity index (χ2n) is 4.73. The van der Waals surface area contributed by atoms with E-state index in [1.165, 1.54) is 5.57 Å². The topological polar surface area (TPSA) is 3.24 Å². The van der Waals surface area contributed by atoms with Crippen molar-refractivity contribution in [3.8, 4) is 0 Å². The van der Waals surface area contributed by atoms with Crippen LogP contribution in [-0.2, 0) is 0 Å². The summed E-state index contributed by atoms with van der Waals surface area (Å²) in [4.78, 5) is 2.13. The van der Waals surface area contributed by atoms with E-state index in [-0.39, 0.29) is 5.54 Å². The minimum absolute atomic E-state index is 0.000586. The summed E-state index contributed by atoms with van der Waals surface area (Å²) >= 11 is 3.44. The van der Waals surface area contributed by atoms with Crippen molar-refractivity contribution in [1.82, 2.24) is 4.90 Å². The van der Waals surface area contributed by atoms with Crippen LogP contribution in [0, 0.1) is 0 Å². The van der Waals surface area contributed by atoms with Gasteiger partial charge in [-0.1, -0.05) is 29.1 Å². The third kappa shape index (κ3) is 4.40. The van der Waals surface area contributed by atoms with Crippen LogP contribution in [0.1, 0.15) is 34.6 Å². The van der Waals surface area contributed by atoms with Crippen LogP contribution in [0.2, 0.25) is 0 Å². The van der Waals surface area contributed by atoms with Crippen molar-refractivity contribution in [2.45, 2.75) is 40.2 Å². The number of hydrogen-bond donors (Lipinski definition) is 0. The Labute approximate surface area is 108 Å². The molecule has 0 fully saturated rings. The SMILES string of the molecule is C=C/C(=C(C)/C=C(\C)Br)N(C=C)C(C)(C)C. The summed E-state index contributed by atoms with van der Waals surface area (Å²) in [5.74, 6) is 0. The number of halogens is 1. The van der Waals surface area contributed by atoms with Gasteiger partial charge in [-0.25, -0.2) is 0 Å². The summed E-state index contributed by atoms with van der Waals surface area (Å²) in [5, 5.41) is 0. The molecule has 0 radical (unpaired) electrons. The molecule has 0 N–H and O–H groups in total. The molecule has 0 aromatic heterocycles. The van der Waals surface area contributed by atoms with Crippen molar-refractivity contribution in [3.63, 3.8) is 0 Å². The largest absolute Gasteiger partial charge is 0.343 e. The van der Waals surface area contributed by atoms with Crippen molar-refractivity contribution in [1.29, 1.82) is 0 Å². The molecule has 0 aliphatic heterocycles. The van der Waals surface area contributed by atoms with E-state index in [0.717, 1.165) is 10.2 Å². The molecule has 0 aromatic rings. The maximum absolute atomic E-state index is 3.88. The molecule has 0 spiro atoms. The van der Waals surface area contributed by atoms with Crippen LogP contribution in [0.25, 0.3) is 0 Å². The van der Waals surface area contributed by atoms with Gasteiger partial charge in [0.25, 0.3) is 0 Å².